The predicted molar refractivity (Wildman–Crippen MR) is 212 cm³/mol. The summed E-state index contributed by atoms with van der Waals surface area (Å²) in [7, 11) is 1.97. The van der Waals surface area contributed by atoms with E-state index in [2.05, 4.69) is 70.7 Å². The van der Waals surface area contributed by atoms with Gasteiger partial charge < -0.3 is 9.47 Å². The number of ether oxygens (including phenoxy) is 2. The number of esters is 1. The van der Waals surface area contributed by atoms with Crippen LogP contribution >= 0.6 is 12.6 Å². The summed E-state index contributed by atoms with van der Waals surface area (Å²) >= 11 is 4.43. The number of carbonyl (C=O) groups excluding carboxylic acids is 1. The van der Waals surface area contributed by atoms with E-state index in [0.717, 1.165) is 55.6 Å². The molecule has 3 nitrogen and oxygen atoms in total. The van der Waals surface area contributed by atoms with Crippen molar-refractivity contribution in [2.75, 3.05) is 12.9 Å². The molecule has 0 aliphatic heterocycles. The molecule has 4 aliphatic carbocycles. The van der Waals surface area contributed by atoms with Crippen LogP contribution in [0.5, 0.6) is 0 Å². The van der Waals surface area contributed by atoms with Crippen LogP contribution in [-0.2, 0) is 14.3 Å². The second-order valence-corrected chi connectivity index (χ2v) is 17.8. The lowest BCUT2D eigenvalue weighted by molar-refractivity contribution is -0.152. The molecule has 49 heavy (non-hydrogen) atoms. The Morgan fingerprint density at radius 3 is 2.33 bits per heavy atom. The van der Waals surface area contributed by atoms with Crippen LogP contribution < -0.4 is 0 Å². The summed E-state index contributed by atoms with van der Waals surface area (Å²) in [6, 6.07) is 0. The van der Waals surface area contributed by atoms with Crippen LogP contribution in [-0.4, -0.2) is 30.5 Å². The second kappa shape index (κ2) is 20.3. The van der Waals surface area contributed by atoms with E-state index < -0.39 is 0 Å². The number of rotatable bonds is 22. The van der Waals surface area contributed by atoms with Gasteiger partial charge in [-0.3, -0.25) is 4.79 Å². The van der Waals surface area contributed by atoms with Crippen LogP contribution in [0.3, 0.4) is 0 Å². The number of hydrogen-bond donors (Lipinski definition) is 1. The number of methoxy groups -OCH3 is 1. The summed E-state index contributed by atoms with van der Waals surface area (Å²) in [4.78, 5) is 12.8. The number of fused-ring (bicyclic) bond motifs is 5. The van der Waals surface area contributed by atoms with Gasteiger partial charge in [0.2, 0.25) is 0 Å². The highest BCUT2D eigenvalue weighted by atomic mass is 32.1. The third kappa shape index (κ3) is 10.8. The fourth-order valence-corrected chi connectivity index (χ4v) is 11.5. The minimum absolute atomic E-state index is 0.0172. The van der Waals surface area contributed by atoms with Gasteiger partial charge in [0.15, 0.2) is 0 Å². The normalized spacial score (nSPS) is 32.4. The quantitative estimate of drug-likeness (QED) is 0.0530. The van der Waals surface area contributed by atoms with Gasteiger partial charge in [-0.2, -0.15) is 12.6 Å². The zero-order valence-corrected chi connectivity index (χ0v) is 33.5. The molecule has 4 heteroatoms. The lowest BCUT2D eigenvalue weighted by atomic mass is 9.46. The zero-order chi connectivity index (χ0) is 35.2. The molecule has 0 aromatic heterocycles. The van der Waals surface area contributed by atoms with E-state index in [9.17, 15) is 4.79 Å². The topological polar surface area (TPSA) is 35.5 Å². The van der Waals surface area contributed by atoms with Crippen LogP contribution in [0.25, 0.3) is 0 Å². The van der Waals surface area contributed by atoms with E-state index in [-0.39, 0.29) is 23.1 Å². The first kappa shape index (κ1) is 40.8. The predicted octanol–water partition coefficient (Wildman–Crippen LogP) is 13.2. The van der Waals surface area contributed by atoms with E-state index in [0.29, 0.717) is 17.8 Å². The third-order valence-electron chi connectivity index (χ3n) is 14.2. The lowest BCUT2D eigenvalue weighted by Gasteiger charge is -2.59. The monoisotopic (exact) mass is 697 g/mol. The molecule has 0 aromatic rings. The molecule has 0 heterocycles. The molecule has 0 bridgehead atoms. The standard InChI is InChI=1S/C45H76O3S/c1-6-7-8-9-10-11-12-13-14-15-16-17-18-19-21-24-42(46)48-37-29-32-43(2)36(35-37)25-26-38-39-27-28-41(44(39,3)33-30-40(38)43)45(4,47-5)31-22-20-23-34-49/h10-11,13-14,25,37-41,49H,6-9,12,15-24,26-35H2,1-5H3/b11-10-,14-13-/t37-,38-,39-,40-,41-,43-,44-,45-/m0/s1. The molecular weight excluding hydrogens is 621 g/mol. The average molecular weight is 697 g/mol. The van der Waals surface area contributed by atoms with Crippen molar-refractivity contribution < 1.29 is 14.3 Å². The Morgan fingerprint density at radius 2 is 1.59 bits per heavy atom. The van der Waals surface area contributed by atoms with E-state index >= 15 is 0 Å². The second-order valence-electron chi connectivity index (χ2n) is 17.3. The Morgan fingerprint density at radius 1 is 0.878 bits per heavy atom. The van der Waals surface area contributed by atoms with Crippen LogP contribution in [0.1, 0.15) is 182 Å². The summed E-state index contributed by atoms with van der Waals surface area (Å²) < 4.78 is 12.5. The van der Waals surface area contributed by atoms with Gasteiger partial charge in [-0.15, -0.1) is 0 Å². The number of carbonyl (C=O) groups is 1. The minimum Gasteiger partial charge on any atom is -0.462 e. The lowest BCUT2D eigenvalue weighted by Crippen LogP contribution is -2.53. The average Bonchev–Trinajstić information content (AvgIpc) is 3.46. The van der Waals surface area contributed by atoms with Crippen molar-refractivity contribution in [3.8, 4) is 0 Å². The minimum atomic E-state index is -0.0172. The molecule has 3 fully saturated rings. The smallest absolute Gasteiger partial charge is 0.306 e. The molecule has 0 unspecified atom stereocenters. The van der Waals surface area contributed by atoms with Gasteiger partial charge in [0.1, 0.15) is 6.10 Å². The summed E-state index contributed by atoms with van der Waals surface area (Å²) in [6.07, 6.45) is 40.5. The van der Waals surface area contributed by atoms with Crippen LogP contribution in [0.15, 0.2) is 36.0 Å². The molecule has 8 atom stereocenters. The fourth-order valence-electron chi connectivity index (χ4n) is 11.2. The van der Waals surface area contributed by atoms with Crippen LogP contribution in [0, 0.1) is 34.5 Å². The highest BCUT2D eigenvalue weighted by molar-refractivity contribution is 7.80. The molecular formula is C45H76O3S. The van der Waals surface area contributed by atoms with Crippen molar-refractivity contribution in [2.45, 2.75) is 193 Å². The van der Waals surface area contributed by atoms with Gasteiger partial charge in [-0.25, -0.2) is 0 Å². The summed E-state index contributed by atoms with van der Waals surface area (Å²) in [5.41, 5.74) is 2.25. The Bertz CT molecular complexity index is 1080. The van der Waals surface area contributed by atoms with Crippen LogP contribution in [0.2, 0.25) is 0 Å². The van der Waals surface area contributed by atoms with Crippen molar-refractivity contribution in [3.05, 3.63) is 36.0 Å². The highest BCUT2D eigenvalue weighted by Gasteiger charge is 2.61. The SMILES string of the molecule is CCCCC/C=C\C/C=C\CCCCCCCC(=O)O[C@H]1CC[C@@]2(C)C(=CC[C@H]3[C@@H]4CC[C@H]([C@](C)(CCCCCS)OC)[C@@]4(C)CC[C@@H]32)C1. The maximum atomic E-state index is 12.8. The van der Waals surface area contributed by atoms with Crippen molar-refractivity contribution in [1.29, 1.82) is 0 Å². The van der Waals surface area contributed by atoms with Gasteiger partial charge in [-0.1, -0.05) is 102 Å². The van der Waals surface area contributed by atoms with E-state index in [1.165, 1.54) is 116 Å². The van der Waals surface area contributed by atoms with Crippen LogP contribution in [0.4, 0.5) is 0 Å². The summed E-state index contributed by atoms with van der Waals surface area (Å²) in [5.74, 6) is 4.05. The maximum absolute atomic E-state index is 12.8. The van der Waals surface area contributed by atoms with Gasteiger partial charge in [0, 0.05) is 20.0 Å². The molecule has 0 aromatic carbocycles. The fraction of sp³-hybridized carbons (Fsp3) is 0.844. The van der Waals surface area contributed by atoms with Crippen molar-refractivity contribution in [3.63, 3.8) is 0 Å². The molecule has 280 valence electrons. The van der Waals surface area contributed by atoms with E-state index in [4.69, 9.17) is 9.47 Å². The first-order valence-electron chi connectivity index (χ1n) is 21.1. The number of hydrogen-bond acceptors (Lipinski definition) is 4. The first-order valence-corrected chi connectivity index (χ1v) is 21.7. The van der Waals surface area contributed by atoms with Crippen molar-refractivity contribution in [2.24, 2.45) is 34.5 Å². The summed E-state index contributed by atoms with van der Waals surface area (Å²) in [5, 5.41) is 0. The highest BCUT2D eigenvalue weighted by Crippen LogP contribution is 2.68. The molecule has 0 N–H and O–H groups in total. The third-order valence-corrected chi connectivity index (χ3v) is 14.5. The Balaban J connectivity index is 1.16. The molecule has 4 aliphatic rings. The van der Waals surface area contributed by atoms with E-state index in [1.807, 2.05) is 7.11 Å². The first-order chi connectivity index (χ1) is 23.7. The number of thiol groups is 1. The van der Waals surface area contributed by atoms with Gasteiger partial charge in [0.05, 0.1) is 5.60 Å². The van der Waals surface area contributed by atoms with Gasteiger partial charge in [0.25, 0.3) is 0 Å². The van der Waals surface area contributed by atoms with Gasteiger partial charge >= 0.3 is 5.97 Å². The van der Waals surface area contributed by atoms with Gasteiger partial charge in [-0.05, 0) is 143 Å². The Labute approximate surface area is 308 Å². The zero-order valence-electron chi connectivity index (χ0n) is 32.6. The van der Waals surface area contributed by atoms with Crippen molar-refractivity contribution >= 4 is 18.6 Å². The Kier molecular flexibility index (Phi) is 16.9. The van der Waals surface area contributed by atoms with Crippen molar-refractivity contribution in [1.82, 2.24) is 0 Å². The molecule has 0 spiro atoms. The maximum Gasteiger partial charge on any atom is 0.306 e. The number of allylic oxidation sites excluding steroid dienone is 5. The Hall–Kier alpha value is -1.00. The molecule has 0 amide bonds. The molecule has 3 saturated carbocycles. The molecule has 4 rings (SSSR count). The number of unbranched alkanes of at least 4 members (excludes halogenated alkanes) is 10. The summed E-state index contributed by atoms with van der Waals surface area (Å²) in [6.45, 7) is 9.90. The molecule has 0 radical (unpaired) electrons. The largest absolute Gasteiger partial charge is 0.462 e. The van der Waals surface area contributed by atoms with E-state index in [1.54, 1.807) is 5.57 Å². The molecule has 0 saturated heterocycles.